The summed E-state index contributed by atoms with van der Waals surface area (Å²) in [5, 5.41) is 0. The van der Waals surface area contributed by atoms with Gasteiger partial charge in [-0.25, -0.2) is 8.78 Å². The lowest BCUT2D eigenvalue weighted by atomic mass is 9.75. The van der Waals surface area contributed by atoms with Crippen molar-refractivity contribution in [3.05, 3.63) is 47.0 Å². The zero-order chi connectivity index (χ0) is 17.8. The first kappa shape index (κ1) is 18.5. The van der Waals surface area contributed by atoms with Gasteiger partial charge in [-0.15, -0.1) is 0 Å². The van der Waals surface area contributed by atoms with Crippen LogP contribution in [0.3, 0.4) is 0 Å². The Morgan fingerprint density at radius 1 is 1.00 bits per heavy atom. The number of benzene rings is 1. The normalized spacial score (nSPS) is 30.7. The van der Waals surface area contributed by atoms with E-state index in [2.05, 4.69) is 19.1 Å². The Hall–Kier alpha value is -1.26. The Morgan fingerprint density at radius 2 is 1.60 bits per heavy atom. The molecular weight excluding hydrogens is 322 g/mol. The van der Waals surface area contributed by atoms with Gasteiger partial charge in [0.25, 0.3) is 0 Å². The molecule has 0 amide bonds. The van der Waals surface area contributed by atoms with Crippen molar-refractivity contribution in [2.45, 2.75) is 52.2 Å². The second-order valence-corrected chi connectivity index (χ2v) is 7.45. The topological polar surface area (TPSA) is 18.5 Å². The molecule has 2 nitrogen and oxygen atoms in total. The first-order valence-corrected chi connectivity index (χ1v) is 9.38. The lowest BCUT2D eigenvalue weighted by molar-refractivity contribution is -0.215. The summed E-state index contributed by atoms with van der Waals surface area (Å²) < 4.78 is 39.1. The molecule has 4 heteroatoms. The summed E-state index contributed by atoms with van der Waals surface area (Å²) >= 11 is 0. The molecule has 1 heterocycles. The third kappa shape index (κ3) is 4.48. The molecule has 0 spiro atoms. The number of ether oxygens (including phenoxy) is 2. The van der Waals surface area contributed by atoms with Crippen LogP contribution in [-0.4, -0.2) is 13.2 Å². The van der Waals surface area contributed by atoms with Crippen LogP contribution in [0, 0.1) is 36.3 Å². The van der Waals surface area contributed by atoms with Gasteiger partial charge in [0.2, 0.25) is 0 Å². The largest absolute Gasteiger partial charge is 0.348 e. The van der Waals surface area contributed by atoms with Crippen LogP contribution in [0.1, 0.15) is 56.4 Å². The highest BCUT2D eigenvalue weighted by Crippen LogP contribution is 2.38. The smallest absolute Gasteiger partial charge is 0.184 e. The van der Waals surface area contributed by atoms with Crippen molar-refractivity contribution in [1.29, 1.82) is 0 Å². The van der Waals surface area contributed by atoms with E-state index in [1.165, 1.54) is 51.2 Å². The minimum absolute atomic E-state index is 0.0344. The van der Waals surface area contributed by atoms with Crippen molar-refractivity contribution in [1.82, 2.24) is 0 Å². The number of allylic oxidation sites excluding steroid dienone is 2. The molecule has 0 N–H and O–H groups in total. The second kappa shape index (κ2) is 8.41. The van der Waals surface area contributed by atoms with Crippen molar-refractivity contribution in [2.75, 3.05) is 13.2 Å². The summed E-state index contributed by atoms with van der Waals surface area (Å²) in [6, 6.07) is 2.63. The highest BCUT2D eigenvalue weighted by atomic mass is 19.1. The van der Waals surface area contributed by atoms with Gasteiger partial charge >= 0.3 is 0 Å². The first-order chi connectivity index (χ1) is 12.1. The van der Waals surface area contributed by atoms with E-state index in [0.717, 1.165) is 5.92 Å². The molecule has 25 heavy (non-hydrogen) atoms. The Balaban J connectivity index is 1.51. The SMILES string of the molecule is CC=CCC1CCC(C2COC(c3cc(F)c(C)c(F)c3)OC2)CC1. The molecule has 1 aromatic rings. The molecule has 1 aromatic carbocycles. The average Bonchev–Trinajstić information content (AvgIpc) is 2.64. The minimum atomic E-state index is -0.660. The predicted molar refractivity (Wildman–Crippen MR) is 94.1 cm³/mol. The molecule has 0 atom stereocenters. The third-order valence-electron chi connectivity index (χ3n) is 5.76. The summed E-state index contributed by atoms with van der Waals surface area (Å²) in [5.41, 5.74) is 0.459. The molecule has 1 aliphatic carbocycles. The highest BCUT2D eigenvalue weighted by Gasteiger charge is 2.32. The molecule has 0 unspecified atom stereocenters. The number of rotatable bonds is 4. The van der Waals surface area contributed by atoms with Crippen LogP contribution in [-0.2, 0) is 9.47 Å². The summed E-state index contributed by atoms with van der Waals surface area (Å²) in [6.07, 6.45) is 9.90. The van der Waals surface area contributed by atoms with E-state index >= 15 is 0 Å². The molecule has 138 valence electrons. The maximum absolute atomic E-state index is 13.7. The van der Waals surface area contributed by atoms with Crippen molar-refractivity contribution < 1.29 is 18.3 Å². The first-order valence-electron chi connectivity index (χ1n) is 9.38. The summed E-state index contributed by atoms with van der Waals surface area (Å²) in [7, 11) is 0. The van der Waals surface area contributed by atoms with Crippen molar-refractivity contribution in [3.8, 4) is 0 Å². The quantitative estimate of drug-likeness (QED) is 0.648. The van der Waals surface area contributed by atoms with Crippen LogP contribution in [0.15, 0.2) is 24.3 Å². The summed E-state index contributed by atoms with van der Waals surface area (Å²) in [5.74, 6) is 0.727. The number of halogens is 2. The maximum atomic E-state index is 13.7. The molecule has 0 radical (unpaired) electrons. The van der Waals surface area contributed by atoms with Gasteiger partial charge in [-0.3, -0.25) is 0 Å². The van der Waals surface area contributed by atoms with Gasteiger partial charge in [-0.1, -0.05) is 12.2 Å². The zero-order valence-corrected chi connectivity index (χ0v) is 15.1. The van der Waals surface area contributed by atoms with E-state index < -0.39 is 17.9 Å². The molecule has 1 aliphatic heterocycles. The minimum Gasteiger partial charge on any atom is -0.348 e. The molecule has 2 fully saturated rings. The van der Waals surface area contributed by atoms with Gasteiger partial charge in [-0.05, 0) is 69.9 Å². The highest BCUT2D eigenvalue weighted by molar-refractivity contribution is 5.26. The van der Waals surface area contributed by atoms with E-state index in [1.807, 2.05) is 0 Å². The van der Waals surface area contributed by atoms with Crippen molar-refractivity contribution in [3.63, 3.8) is 0 Å². The van der Waals surface area contributed by atoms with E-state index in [1.54, 1.807) is 0 Å². The van der Waals surface area contributed by atoms with Crippen molar-refractivity contribution >= 4 is 0 Å². The lowest BCUT2D eigenvalue weighted by Crippen LogP contribution is -2.34. The molecule has 1 saturated carbocycles. The Kier molecular flexibility index (Phi) is 6.24. The fourth-order valence-electron chi connectivity index (χ4n) is 4.01. The fourth-order valence-corrected chi connectivity index (χ4v) is 4.01. The molecular formula is C21H28F2O2. The number of hydrogen-bond donors (Lipinski definition) is 0. The number of hydrogen-bond acceptors (Lipinski definition) is 2. The molecule has 0 aromatic heterocycles. The maximum Gasteiger partial charge on any atom is 0.184 e. The van der Waals surface area contributed by atoms with Gasteiger partial charge in [-0.2, -0.15) is 0 Å². The lowest BCUT2D eigenvalue weighted by Gasteiger charge is -2.37. The monoisotopic (exact) mass is 350 g/mol. The van der Waals surface area contributed by atoms with Crippen LogP contribution in [0.25, 0.3) is 0 Å². The van der Waals surface area contributed by atoms with Gasteiger partial charge < -0.3 is 9.47 Å². The Bertz CT molecular complexity index is 575. The van der Waals surface area contributed by atoms with E-state index in [9.17, 15) is 8.78 Å². The Labute approximate surface area is 149 Å². The van der Waals surface area contributed by atoms with Gasteiger partial charge in [0.15, 0.2) is 6.29 Å². The third-order valence-corrected chi connectivity index (χ3v) is 5.76. The molecule has 0 bridgehead atoms. The average molecular weight is 350 g/mol. The van der Waals surface area contributed by atoms with Gasteiger partial charge in [0.1, 0.15) is 11.6 Å². The van der Waals surface area contributed by atoms with E-state index in [4.69, 9.17) is 9.47 Å². The van der Waals surface area contributed by atoms with Crippen LogP contribution in [0.4, 0.5) is 8.78 Å². The summed E-state index contributed by atoms with van der Waals surface area (Å²) in [4.78, 5) is 0. The summed E-state index contributed by atoms with van der Waals surface area (Å²) in [6.45, 7) is 4.71. The van der Waals surface area contributed by atoms with Crippen LogP contribution in [0.5, 0.6) is 0 Å². The Morgan fingerprint density at radius 3 is 2.16 bits per heavy atom. The van der Waals surface area contributed by atoms with Crippen molar-refractivity contribution in [2.24, 2.45) is 17.8 Å². The molecule has 1 saturated heterocycles. The van der Waals surface area contributed by atoms with Crippen LogP contribution in [0.2, 0.25) is 0 Å². The fraction of sp³-hybridized carbons (Fsp3) is 0.619. The zero-order valence-electron chi connectivity index (χ0n) is 15.1. The van der Waals surface area contributed by atoms with Gasteiger partial charge in [0.05, 0.1) is 13.2 Å². The predicted octanol–water partition coefficient (Wildman–Crippen LogP) is 5.71. The molecule has 2 aliphatic rings. The standard InChI is InChI=1S/C21H28F2O2/c1-3-4-5-15-6-8-16(9-7-15)18-12-24-21(25-13-18)17-10-19(22)14(2)20(23)11-17/h3-4,10-11,15-16,18,21H,5-9,12-13H2,1-2H3. The van der Waals surface area contributed by atoms with Crippen LogP contribution < -0.4 is 0 Å². The molecule has 3 rings (SSSR count). The van der Waals surface area contributed by atoms with Crippen LogP contribution >= 0.6 is 0 Å². The van der Waals surface area contributed by atoms with E-state index in [0.29, 0.717) is 30.6 Å². The van der Waals surface area contributed by atoms with E-state index in [-0.39, 0.29) is 5.56 Å². The second-order valence-electron chi connectivity index (χ2n) is 7.45. The van der Waals surface area contributed by atoms with Gasteiger partial charge in [0, 0.05) is 17.0 Å².